The van der Waals surface area contributed by atoms with E-state index in [9.17, 15) is 14.9 Å². The molecule has 0 bridgehead atoms. The first-order valence-corrected chi connectivity index (χ1v) is 8.20. The number of ether oxygens (including phenoxy) is 2. The number of non-ortho nitro benzene ring substituents is 1. The summed E-state index contributed by atoms with van der Waals surface area (Å²) in [6.07, 6.45) is -0.914. The number of hydrogen-bond donors (Lipinski definition) is 1. The molecule has 2 rings (SSSR count). The number of nitro benzene ring substituents is 1. The van der Waals surface area contributed by atoms with Crippen molar-refractivity contribution in [2.75, 3.05) is 13.0 Å². The second kappa shape index (κ2) is 8.64. The highest BCUT2D eigenvalue weighted by molar-refractivity contribution is 6.30. The number of methoxy groups -OCH3 is 1. The Morgan fingerprint density at radius 1 is 1.27 bits per heavy atom. The molecule has 0 amide bonds. The van der Waals surface area contributed by atoms with Gasteiger partial charge in [0.05, 0.1) is 23.5 Å². The number of benzene rings is 2. The number of nitrogens with zero attached hydrogens (tertiary/aromatic N) is 1. The molecule has 7 nitrogen and oxygen atoms in total. The fraction of sp³-hybridized carbons (Fsp3) is 0.176. The fourth-order valence-electron chi connectivity index (χ4n) is 2.30. The van der Waals surface area contributed by atoms with Crippen LogP contribution in [0.25, 0.3) is 0 Å². The number of carbonyl (C=O) groups is 1. The van der Waals surface area contributed by atoms with Gasteiger partial charge < -0.3 is 9.47 Å². The van der Waals surface area contributed by atoms with Gasteiger partial charge in [-0.25, -0.2) is 4.79 Å². The smallest absolute Gasteiger partial charge is 0.338 e. The monoisotopic (exact) mass is 396 g/mol. The Morgan fingerprint density at radius 2 is 2.00 bits per heavy atom. The van der Waals surface area contributed by atoms with E-state index < -0.39 is 17.0 Å². The summed E-state index contributed by atoms with van der Waals surface area (Å²) in [5.74, 6) is -1.15. The summed E-state index contributed by atoms with van der Waals surface area (Å²) in [7, 11) is 1.18. The molecule has 0 fully saturated rings. The van der Waals surface area contributed by atoms with Gasteiger partial charge in [-0.1, -0.05) is 23.7 Å². The van der Waals surface area contributed by atoms with Crippen LogP contribution in [0.3, 0.4) is 0 Å². The molecular weight excluding hydrogens is 383 g/mol. The number of esters is 1. The Hall–Kier alpha value is -2.64. The molecule has 0 aliphatic rings. The molecule has 0 spiro atoms. The van der Waals surface area contributed by atoms with Crippen molar-refractivity contribution < 1.29 is 19.2 Å². The number of hydrogen-bond acceptors (Lipinski definition) is 6. The minimum Gasteiger partial charge on any atom is -0.467 e. The Morgan fingerprint density at radius 3 is 2.58 bits per heavy atom. The predicted molar refractivity (Wildman–Crippen MR) is 97.3 cm³/mol. The quantitative estimate of drug-likeness (QED) is 0.195. The van der Waals surface area contributed by atoms with Gasteiger partial charge in [-0.3, -0.25) is 15.5 Å². The molecule has 1 unspecified atom stereocenters. The second-order valence-corrected chi connectivity index (χ2v) is 5.88. The normalized spacial score (nSPS) is 11.5. The number of alkyl halides is 1. The van der Waals surface area contributed by atoms with E-state index in [0.29, 0.717) is 10.6 Å². The molecule has 0 aliphatic heterocycles. The molecule has 2 aromatic carbocycles. The van der Waals surface area contributed by atoms with Crippen molar-refractivity contribution in [3.63, 3.8) is 0 Å². The zero-order valence-corrected chi connectivity index (χ0v) is 15.1. The van der Waals surface area contributed by atoms with Crippen LogP contribution in [0.1, 0.15) is 27.6 Å². The van der Waals surface area contributed by atoms with Gasteiger partial charge in [-0.05, 0) is 23.8 Å². The van der Waals surface area contributed by atoms with Crippen molar-refractivity contribution in [1.29, 1.82) is 5.41 Å². The number of rotatable bonds is 6. The second-order valence-electron chi connectivity index (χ2n) is 5.17. The first-order valence-electron chi connectivity index (χ1n) is 7.29. The van der Waals surface area contributed by atoms with Crippen LogP contribution in [0.4, 0.5) is 5.69 Å². The molecule has 0 saturated heterocycles. The van der Waals surface area contributed by atoms with E-state index in [1.807, 2.05) is 0 Å². The SMILES string of the molecule is COC(=O)c1cc(C(OC(=N)CCl)c2cccc(Cl)c2)cc([N+](=O)[O-])c1. The third-order valence-corrected chi connectivity index (χ3v) is 3.89. The molecule has 0 radical (unpaired) electrons. The Labute approximate surface area is 159 Å². The lowest BCUT2D eigenvalue weighted by Crippen LogP contribution is -2.14. The molecule has 9 heteroatoms. The average molecular weight is 397 g/mol. The third kappa shape index (κ3) is 4.71. The summed E-state index contributed by atoms with van der Waals surface area (Å²) in [6.45, 7) is 0. The number of nitrogens with one attached hydrogen (secondary N) is 1. The summed E-state index contributed by atoms with van der Waals surface area (Å²) in [5, 5.41) is 19.4. The molecule has 0 saturated carbocycles. The van der Waals surface area contributed by atoms with Gasteiger partial charge in [0.25, 0.3) is 5.69 Å². The summed E-state index contributed by atoms with van der Waals surface area (Å²) in [5.41, 5.74) is 0.515. The van der Waals surface area contributed by atoms with Gasteiger partial charge in [0.15, 0.2) is 12.0 Å². The summed E-state index contributed by atoms with van der Waals surface area (Å²) >= 11 is 11.6. The van der Waals surface area contributed by atoms with Crippen molar-refractivity contribution in [2.24, 2.45) is 0 Å². The molecule has 1 atom stereocenters. The van der Waals surface area contributed by atoms with Crippen LogP contribution in [0.2, 0.25) is 5.02 Å². The van der Waals surface area contributed by atoms with Crippen molar-refractivity contribution in [3.05, 3.63) is 74.3 Å². The summed E-state index contributed by atoms with van der Waals surface area (Å²) in [4.78, 5) is 22.5. The van der Waals surface area contributed by atoms with Crippen molar-refractivity contribution in [2.45, 2.75) is 6.10 Å². The molecule has 136 valence electrons. The van der Waals surface area contributed by atoms with Crippen LogP contribution in [0.5, 0.6) is 0 Å². The van der Waals surface area contributed by atoms with Crippen LogP contribution < -0.4 is 0 Å². The van der Waals surface area contributed by atoms with Gasteiger partial charge >= 0.3 is 5.97 Å². The van der Waals surface area contributed by atoms with Crippen LogP contribution in [0, 0.1) is 15.5 Å². The van der Waals surface area contributed by atoms with Gasteiger partial charge in [0.2, 0.25) is 0 Å². The van der Waals surface area contributed by atoms with Crippen molar-refractivity contribution in [1.82, 2.24) is 0 Å². The lowest BCUT2D eigenvalue weighted by atomic mass is 9.98. The Bertz CT molecular complexity index is 857. The maximum absolute atomic E-state index is 11.9. The van der Waals surface area contributed by atoms with E-state index >= 15 is 0 Å². The minimum atomic E-state index is -0.914. The number of carbonyl (C=O) groups excluding carboxylic acids is 1. The van der Waals surface area contributed by atoms with Crippen LogP contribution in [-0.4, -0.2) is 29.8 Å². The largest absolute Gasteiger partial charge is 0.467 e. The standard InChI is InChI=1S/C17H14Cl2N2O5/c1-25-17(22)12-5-11(7-14(8-12)21(23)24)16(26-15(20)9-18)10-3-2-4-13(19)6-10/h2-8,16,20H,9H2,1H3. The van der Waals surface area contributed by atoms with Crippen LogP contribution in [-0.2, 0) is 9.47 Å². The van der Waals surface area contributed by atoms with Crippen LogP contribution >= 0.6 is 23.2 Å². The van der Waals surface area contributed by atoms with E-state index in [-0.39, 0.29) is 28.6 Å². The van der Waals surface area contributed by atoms with Gasteiger partial charge in [-0.2, -0.15) is 0 Å². The Balaban J connectivity index is 2.62. The van der Waals surface area contributed by atoms with E-state index in [2.05, 4.69) is 4.74 Å². The topological polar surface area (TPSA) is 103 Å². The summed E-state index contributed by atoms with van der Waals surface area (Å²) < 4.78 is 10.2. The molecule has 0 heterocycles. The van der Waals surface area contributed by atoms with E-state index in [1.54, 1.807) is 24.3 Å². The molecule has 0 aliphatic carbocycles. The van der Waals surface area contributed by atoms with E-state index in [0.717, 1.165) is 6.07 Å². The highest BCUT2D eigenvalue weighted by Gasteiger charge is 2.23. The molecule has 26 heavy (non-hydrogen) atoms. The first kappa shape index (κ1) is 19.7. The predicted octanol–water partition coefficient (Wildman–Crippen LogP) is 4.36. The molecule has 2 aromatic rings. The lowest BCUT2D eigenvalue weighted by molar-refractivity contribution is -0.385. The van der Waals surface area contributed by atoms with Crippen LogP contribution in [0.15, 0.2) is 42.5 Å². The van der Waals surface area contributed by atoms with Gasteiger partial charge in [0.1, 0.15) is 0 Å². The van der Waals surface area contributed by atoms with E-state index in [1.165, 1.54) is 19.2 Å². The average Bonchev–Trinajstić information content (AvgIpc) is 2.64. The maximum Gasteiger partial charge on any atom is 0.338 e. The molecule has 1 N–H and O–H groups in total. The number of nitro groups is 1. The zero-order chi connectivity index (χ0) is 19.3. The van der Waals surface area contributed by atoms with E-state index in [4.69, 9.17) is 33.3 Å². The number of halogens is 2. The van der Waals surface area contributed by atoms with Crippen molar-refractivity contribution >= 4 is 40.8 Å². The fourth-order valence-corrected chi connectivity index (χ4v) is 2.56. The Kier molecular flexibility index (Phi) is 6.54. The highest BCUT2D eigenvalue weighted by atomic mass is 35.5. The first-order chi connectivity index (χ1) is 12.3. The molecular formula is C17H14Cl2N2O5. The lowest BCUT2D eigenvalue weighted by Gasteiger charge is -2.20. The third-order valence-electron chi connectivity index (χ3n) is 3.41. The van der Waals surface area contributed by atoms with Crippen molar-refractivity contribution in [3.8, 4) is 0 Å². The van der Waals surface area contributed by atoms with Gasteiger partial charge in [0, 0.05) is 22.7 Å². The minimum absolute atomic E-state index is 0.00951. The van der Waals surface area contributed by atoms with Gasteiger partial charge in [-0.15, -0.1) is 11.6 Å². The molecule has 0 aromatic heterocycles. The highest BCUT2D eigenvalue weighted by Crippen LogP contribution is 2.31. The zero-order valence-electron chi connectivity index (χ0n) is 13.6. The maximum atomic E-state index is 11.9. The summed E-state index contributed by atoms with van der Waals surface area (Å²) in [6, 6.07) is 10.4.